The Labute approximate surface area is 254 Å². The van der Waals surface area contributed by atoms with Crippen LogP contribution in [0.1, 0.15) is 44.8 Å². The third-order valence-corrected chi connectivity index (χ3v) is 9.15. The van der Waals surface area contributed by atoms with E-state index in [0.717, 1.165) is 38.5 Å². The van der Waals surface area contributed by atoms with E-state index in [-0.39, 0.29) is 17.5 Å². The Hall–Kier alpha value is -3.83. The van der Waals surface area contributed by atoms with Gasteiger partial charge in [-0.25, -0.2) is 4.79 Å². The first-order valence-electron chi connectivity index (χ1n) is 13.3. The monoisotopic (exact) mass is 618 g/mol. The summed E-state index contributed by atoms with van der Waals surface area (Å²) in [5.74, 6) is -1.29. The molecule has 2 N–H and O–H groups in total. The number of hydrogen-bond acceptors (Lipinski definition) is 3. The van der Waals surface area contributed by atoms with Gasteiger partial charge in [-0.1, -0.05) is 53.5 Å². The van der Waals surface area contributed by atoms with Crippen molar-refractivity contribution < 1.29 is 19.3 Å². The number of nitrogens with one attached hydrogen (secondary N) is 1. The quantitative estimate of drug-likeness (QED) is 0.172. The fraction of sp³-hybridized carbons (Fsp3) is 0.152. The highest BCUT2D eigenvalue weighted by Crippen LogP contribution is 2.37. The SMILES string of the molecule is C[C@H](NC(=O)c1cc(-c2cccc(P(C)(C)=O)c2)cc2ccn(Cc3cc(Cl)cc(Cl)c3)c12)c1ccc(C(=O)O)cc1. The molecule has 1 atom stereocenters. The van der Waals surface area contributed by atoms with Gasteiger partial charge in [-0.05, 0) is 97.1 Å². The first-order valence-corrected chi connectivity index (χ1v) is 16.6. The van der Waals surface area contributed by atoms with Gasteiger partial charge in [0.15, 0.2) is 0 Å². The fourth-order valence-corrected chi connectivity index (χ4v) is 6.48. The van der Waals surface area contributed by atoms with Crippen molar-refractivity contribution in [2.45, 2.75) is 19.5 Å². The minimum Gasteiger partial charge on any atom is -0.478 e. The van der Waals surface area contributed by atoms with Crippen LogP contribution in [0, 0.1) is 0 Å². The zero-order chi connectivity index (χ0) is 30.2. The van der Waals surface area contributed by atoms with Crippen molar-refractivity contribution in [3.63, 3.8) is 0 Å². The van der Waals surface area contributed by atoms with E-state index in [1.165, 1.54) is 12.1 Å². The summed E-state index contributed by atoms with van der Waals surface area (Å²) in [7, 11) is -2.49. The average molecular weight is 619 g/mol. The zero-order valence-corrected chi connectivity index (χ0v) is 25.7. The number of carbonyl (C=O) groups is 2. The van der Waals surface area contributed by atoms with E-state index < -0.39 is 13.1 Å². The summed E-state index contributed by atoms with van der Waals surface area (Å²) >= 11 is 12.5. The molecule has 4 aromatic carbocycles. The molecule has 9 heteroatoms. The molecule has 214 valence electrons. The van der Waals surface area contributed by atoms with Crippen LogP contribution in [0.15, 0.2) is 91.1 Å². The zero-order valence-electron chi connectivity index (χ0n) is 23.3. The van der Waals surface area contributed by atoms with Gasteiger partial charge in [0, 0.05) is 33.5 Å². The third-order valence-electron chi connectivity index (χ3n) is 7.19. The van der Waals surface area contributed by atoms with Crippen LogP contribution in [0.3, 0.4) is 0 Å². The number of nitrogens with zero attached hydrogens (tertiary/aromatic N) is 1. The average Bonchev–Trinajstić information content (AvgIpc) is 3.34. The molecule has 0 saturated carbocycles. The number of amides is 1. The number of fused-ring (bicyclic) bond motifs is 1. The lowest BCUT2D eigenvalue weighted by Crippen LogP contribution is -2.27. The van der Waals surface area contributed by atoms with E-state index in [1.807, 2.05) is 72.3 Å². The van der Waals surface area contributed by atoms with E-state index in [9.17, 15) is 19.3 Å². The molecule has 0 saturated heterocycles. The molecule has 42 heavy (non-hydrogen) atoms. The van der Waals surface area contributed by atoms with E-state index >= 15 is 0 Å². The highest BCUT2D eigenvalue weighted by Gasteiger charge is 2.20. The van der Waals surface area contributed by atoms with E-state index in [0.29, 0.717) is 22.2 Å². The first-order chi connectivity index (χ1) is 19.9. The van der Waals surface area contributed by atoms with Gasteiger partial charge in [0.1, 0.15) is 7.14 Å². The molecule has 0 spiro atoms. The Morgan fingerprint density at radius 1 is 0.905 bits per heavy atom. The molecule has 5 aromatic rings. The normalized spacial score (nSPS) is 12.3. The van der Waals surface area contributed by atoms with Crippen LogP contribution in [0.25, 0.3) is 22.0 Å². The van der Waals surface area contributed by atoms with Crippen LogP contribution in [0.2, 0.25) is 10.0 Å². The lowest BCUT2D eigenvalue weighted by molar-refractivity contribution is 0.0696. The molecule has 6 nitrogen and oxygen atoms in total. The Kier molecular flexibility index (Phi) is 8.34. The van der Waals surface area contributed by atoms with Crippen molar-refractivity contribution in [1.82, 2.24) is 9.88 Å². The number of carbonyl (C=O) groups excluding carboxylic acids is 1. The Balaban J connectivity index is 1.59. The maximum absolute atomic E-state index is 13.9. The second-order valence-electron chi connectivity index (χ2n) is 10.7. The number of aromatic carboxylic acids is 1. The molecule has 0 aliphatic carbocycles. The predicted octanol–water partition coefficient (Wildman–Crippen LogP) is 8.10. The third kappa shape index (κ3) is 6.47. The van der Waals surface area contributed by atoms with Crippen molar-refractivity contribution in [2.24, 2.45) is 0 Å². The molecular formula is C33H29Cl2N2O4P. The maximum Gasteiger partial charge on any atom is 0.335 e. The van der Waals surface area contributed by atoms with Crippen molar-refractivity contribution in [3.05, 3.63) is 123 Å². The van der Waals surface area contributed by atoms with Gasteiger partial charge in [-0.3, -0.25) is 4.79 Å². The number of carboxylic acids is 1. The number of benzene rings is 4. The smallest absolute Gasteiger partial charge is 0.335 e. The highest BCUT2D eigenvalue weighted by molar-refractivity contribution is 7.70. The van der Waals surface area contributed by atoms with Crippen LogP contribution in [-0.2, 0) is 11.1 Å². The summed E-state index contributed by atoms with van der Waals surface area (Å²) in [6.45, 7) is 5.77. The van der Waals surface area contributed by atoms with Crippen LogP contribution < -0.4 is 10.6 Å². The van der Waals surface area contributed by atoms with E-state index in [1.54, 1.807) is 31.5 Å². The Morgan fingerprint density at radius 2 is 1.60 bits per heavy atom. The molecule has 0 unspecified atom stereocenters. The molecule has 0 aliphatic rings. The van der Waals surface area contributed by atoms with Gasteiger partial charge in [0.2, 0.25) is 0 Å². The lowest BCUT2D eigenvalue weighted by atomic mass is 9.99. The minimum atomic E-state index is -2.49. The van der Waals surface area contributed by atoms with Gasteiger partial charge in [0.05, 0.1) is 22.7 Å². The molecule has 1 aromatic heterocycles. The molecule has 0 aliphatic heterocycles. The second-order valence-corrected chi connectivity index (χ2v) is 14.8. The van der Waals surface area contributed by atoms with Crippen LogP contribution >= 0.6 is 30.3 Å². The fourth-order valence-electron chi connectivity index (χ4n) is 5.01. The van der Waals surface area contributed by atoms with E-state index in [2.05, 4.69) is 5.32 Å². The Morgan fingerprint density at radius 3 is 2.24 bits per heavy atom. The molecule has 1 amide bonds. The van der Waals surface area contributed by atoms with Crippen LogP contribution in [-0.4, -0.2) is 34.9 Å². The number of carboxylic acid groups (broad SMARTS) is 1. The van der Waals surface area contributed by atoms with Gasteiger partial charge in [-0.2, -0.15) is 0 Å². The maximum atomic E-state index is 13.9. The predicted molar refractivity (Wildman–Crippen MR) is 171 cm³/mol. The summed E-state index contributed by atoms with van der Waals surface area (Å²) in [6, 6.07) is 24.9. The summed E-state index contributed by atoms with van der Waals surface area (Å²) in [5.41, 5.74) is 4.74. The summed E-state index contributed by atoms with van der Waals surface area (Å²) in [6.07, 6.45) is 1.93. The lowest BCUT2D eigenvalue weighted by Gasteiger charge is -2.17. The molecule has 0 bridgehead atoms. The van der Waals surface area contributed by atoms with Crippen molar-refractivity contribution in [3.8, 4) is 11.1 Å². The summed E-state index contributed by atoms with van der Waals surface area (Å²) < 4.78 is 14.8. The highest BCUT2D eigenvalue weighted by atomic mass is 35.5. The number of halogens is 2. The summed E-state index contributed by atoms with van der Waals surface area (Å²) in [4.78, 5) is 25.2. The van der Waals surface area contributed by atoms with Crippen molar-refractivity contribution >= 4 is 58.4 Å². The number of aromatic nitrogens is 1. The molecule has 5 rings (SSSR count). The van der Waals surface area contributed by atoms with Gasteiger partial charge >= 0.3 is 5.97 Å². The molecule has 0 fully saturated rings. The number of rotatable bonds is 8. The first kappa shape index (κ1) is 29.7. The molecule has 1 heterocycles. The molecule has 0 radical (unpaired) electrons. The largest absolute Gasteiger partial charge is 0.478 e. The van der Waals surface area contributed by atoms with Crippen molar-refractivity contribution in [2.75, 3.05) is 13.3 Å². The summed E-state index contributed by atoms with van der Waals surface area (Å²) in [5, 5.41) is 15.0. The van der Waals surface area contributed by atoms with Crippen LogP contribution in [0.4, 0.5) is 0 Å². The Bertz CT molecular complexity index is 1860. The van der Waals surface area contributed by atoms with Gasteiger partial charge in [-0.15, -0.1) is 0 Å². The topological polar surface area (TPSA) is 88.4 Å². The van der Waals surface area contributed by atoms with Gasteiger partial charge < -0.3 is 19.6 Å². The van der Waals surface area contributed by atoms with E-state index in [4.69, 9.17) is 23.2 Å². The second kappa shape index (κ2) is 11.8. The van der Waals surface area contributed by atoms with Crippen LogP contribution in [0.5, 0.6) is 0 Å². The van der Waals surface area contributed by atoms with Crippen molar-refractivity contribution in [1.29, 1.82) is 0 Å². The standard InChI is InChI=1S/C33H29Cl2N2O4P/c1-20(22-7-9-23(10-8-22)33(39)40)36-32(38)30-17-26(24-5-4-6-29(16-24)42(2,3)41)15-25-11-12-37(31(25)30)19-21-13-27(34)18-28(35)14-21/h4-18,20H,19H2,1-3H3,(H,36,38)(H,39,40)/t20-/m0/s1. The number of hydrogen-bond donors (Lipinski definition) is 2. The molecular weight excluding hydrogens is 590 g/mol. The minimum absolute atomic E-state index is 0.177. The van der Waals surface area contributed by atoms with Gasteiger partial charge in [0.25, 0.3) is 5.91 Å².